The number of benzene rings is 4. The van der Waals surface area contributed by atoms with Crippen molar-refractivity contribution in [1.29, 1.82) is 0 Å². The standard InChI is InChI=1S/C43H47N5O8/c1-2-54-37-22-31(12-11-30(37)23-44-24-36(50)33-13-15-35(49)42-34(33)14-16-39(51)46-42)45-40(52)26-55-32-10-6-9-29(21-32)41(28-7-4-3-5-8-28)47-43(53)56-38-25-48-19-17-27(38)18-20-48/h3-16,21-22,27,36,38,41,44,49-50H,2,17-20,23-26H2,1H3,(H,45,52)(H,46,51)(H,47,53)/t36?,38?,41-/m0/s1. The lowest BCUT2D eigenvalue weighted by molar-refractivity contribution is -0.118. The van der Waals surface area contributed by atoms with Gasteiger partial charge in [-0.3, -0.25) is 14.5 Å². The number of fused-ring (bicyclic) bond motifs is 4. The first-order valence-corrected chi connectivity index (χ1v) is 19.0. The number of carbonyl (C=O) groups is 2. The number of rotatable bonds is 15. The van der Waals surface area contributed by atoms with Gasteiger partial charge in [0.1, 0.15) is 23.4 Å². The van der Waals surface area contributed by atoms with E-state index in [4.69, 9.17) is 14.2 Å². The van der Waals surface area contributed by atoms with E-state index in [-0.39, 0.29) is 42.0 Å². The molecule has 3 aliphatic heterocycles. The number of phenolic OH excluding ortho intramolecular Hbond substituents is 1. The molecule has 56 heavy (non-hydrogen) atoms. The summed E-state index contributed by atoms with van der Waals surface area (Å²) in [5.74, 6) is 0.993. The number of aliphatic hydroxyl groups is 1. The highest BCUT2D eigenvalue weighted by Gasteiger charge is 2.37. The number of hydrogen-bond donors (Lipinski definition) is 6. The molecule has 3 atom stereocenters. The molecule has 8 rings (SSSR count). The van der Waals surface area contributed by atoms with Crippen LogP contribution in [0.25, 0.3) is 10.9 Å². The molecular formula is C43H47N5O8. The Balaban J connectivity index is 0.946. The minimum Gasteiger partial charge on any atom is -0.506 e. The van der Waals surface area contributed by atoms with Crippen molar-refractivity contribution in [3.8, 4) is 17.2 Å². The number of pyridine rings is 1. The van der Waals surface area contributed by atoms with E-state index in [0.717, 1.165) is 49.2 Å². The lowest BCUT2D eigenvalue weighted by Crippen LogP contribution is -2.52. The van der Waals surface area contributed by atoms with Crippen LogP contribution in [-0.2, 0) is 16.1 Å². The predicted molar refractivity (Wildman–Crippen MR) is 212 cm³/mol. The lowest BCUT2D eigenvalue weighted by Gasteiger charge is -2.43. The number of phenols is 1. The van der Waals surface area contributed by atoms with Gasteiger partial charge in [0.15, 0.2) is 6.61 Å². The van der Waals surface area contributed by atoms with Gasteiger partial charge in [-0.1, -0.05) is 54.6 Å². The Morgan fingerprint density at radius 1 is 0.929 bits per heavy atom. The van der Waals surface area contributed by atoms with E-state index in [9.17, 15) is 24.6 Å². The van der Waals surface area contributed by atoms with E-state index in [1.54, 1.807) is 30.3 Å². The molecule has 3 aliphatic rings. The highest BCUT2D eigenvalue weighted by atomic mass is 16.6. The molecule has 2 bridgehead atoms. The van der Waals surface area contributed by atoms with Crippen LogP contribution in [0.1, 0.15) is 54.2 Å². The number of piperidine rings is 3. The summed E-state index contributed by atoms with van der Waals surface area (Å²) in [4.78, 5) is 43.0. The summed E-state index contributed by atoms with van der Waals surface area (Å²) in [6.07, 6.45) is 0.591. The molecule has 3 fully saturated rings. The van der Waals surface area contributed by atoms with E-state index < -0.39 is 18.2 Å². The van der Waals surface area contributed by atoms with Crippen LogP contribution in [0, 0.1) is 5.92 Å². The fourth-order valence-electron chi connectivity index (χ4n) is 7.54. The minimum absolute atomic E-state index is 0.0736. The molecule has 0 spiro atoms. The molecule has 2 unspecified atom stereocenters. The molecule has 0 aliphatic carbocycles. The Morgan fingerprint density at radius 2 is 1.73 bits per heavy atom. The SMILES string of the molecule is CCOc1cc(NC(=O)COc2cccc([C@@H](NC(=O)OC3CN4CCC3CC4)c3ccccc3)c2)ccc1CNCC(O)c1ccc(O)c2[nH]c(=O)ccc12. The maximum absolute atomic E-state index is 13.2. The normalized spacial score (nSPS) is 18.5. The Kier molecular flexibility index (Phi) is 12.1. The van der Waals surface area contributed by atoms with Crippen LogP contribution in [0.15, 0.2) is 102 Å². The summed E-state index contributed by atoms with van der Waals surface area (Å²) in [7, 11) is 0. The highest BCUT2D eigenvalue weighted by molar-refractivity contribution is 5.92. The van der Waals surface area contributed by atoms with E-state index in [1.165, 1.54) is 12.1 Å². The maximum Gasteiger partial charge on any atom is 0.408 e. The molecule has 13 nitrogen and oxygen atoms in total. The summed E-state index contributed by atoms with van der Waals surface area (Å²) in [6, 6.07) is 27.8. The Morgan fingerprint density at radius 3 is 2.50 bits per heavy atom. The monoisotopic (exact) mass is 761 g/mol. The van der Waals surface area contributed by atoms with Crippen molar-refractivity contribution in [2.75, 3.05) is 44.7 Å². The number of amides is 2. The third kappa shape index (κ3) is 9.31. The van der Waals surface area contributed by atoms with E-state index in [2.05, 4.69) is 25.8 Å². The molecule has 1 aromatic heterocycles. The van der Waals surface area contributed by atoms with Crippen LogP contribution >= 0.6 is 0 Å². The first-order valence-electron chi connectivity index (χ1n) is 19.0. The predicted octanol–water partition coefficient (Wildman–Crippen LogP) is 5.38. The second kappa shape index (κ2) is 17.7. The van der Waals surface area contributed by atoms with Gasteiger partial charge in [-0.15, -0.1) is 0 Å². The smallest absolute Gasteiger partial charge is 0.408 e. The van der Waals surface area contributed by atoms with Crippen LogP contribution in [0.5, 0.6) is 17.2 Å². The number of hydrogen-bond acceptors (Lipinski definition) is 10. The number of aromatic amines is 1. The van der Waals surface area contributed by atoms with Gasteiger partial charge in [-0.25, -0.2) is 4.79 Å². The molecule has 13 heteroatoms. The van der Waals surface area contributed by atoms with Gasteiger partial charge in [0.05, 0.1) is 24.3 Å². The van der Waals surface area contributed by atoms with Crippen LogP contribution < -0.4 is 31.0 Å². The quantitative estimate of drug-likeness (QED) is 0.0813. The molecule has 292 valence electrons. The number of nitrogens with one attached hydrogen (secondary N) is 4. The van der Waals surface area contributed by atoms with Crippen LogP contribution in [-0.4, -0.2) is 77.6 Å². The number of ether oxygens (including phenoxy) is 3. The number of nitrogens with zero attached hydrogens (tertiary/aromatic N) is 1. The van der Waals surface area contributed by atoms with Crippen LogP contribution in [0.4, 0.5) is 10.5 Å². The largest absolute Gasteiger partial charge is 0.506 e. The zero-order chi connectivity index (χ0) is 39.0. The molecule has 6 N–H and O–H groups in total. The van der Waals surface area contributed by atoms with Crippen molar-refractivity contribution in [2.45, 2.75) is 44.6 Å². The molecule has 3 saturated heterocycles. The van der Waals surface area contributed by atoms with Crippen LogP contribution in [0.3, 0.4) is 0 Å². The number of aliphatic hydroxyl groups excluding tert-OH is 1. The molecule has 5 aromatic rings. The van der Waals surface area contributed by atoms with E-state index in [1.807, 2.05) is 61.5 Å². The van der Waals surface area contributed by atoms with Crippen molar-refractivity contribution < 1.29 is 34.0 Å². The molecule has 4 aromatic carbocycles. The first-order chi connectivity index (χ1) is 27.2. The second-order valence-electron chi connectivity index (χ2n) is 14.2. The molecule has 4 heterocycles. The van der Waals surface area contributed by atoms with Crippen molar-refractivity contribution >= 4 is 28.6 Å². The summed E-state index contributed by atoms with van der Waals surface area (Å²) in [5.41, 5.74) is 3.50. The number of H-pyrrole nitrogens is 1. The van der Waals surface area contributed by atoms with Crippen molar-refractivity contribution in [3.63, 3.8) is 0 Å². The topological polar surface area (TPSA) is 174 Å². The number of anilines is 1. The van der Waals surface area contributed by atoms with Crippen molar-refractivity contribution in [3.05, 3.63) is 130 Å². The number of aromatic nitrogens is 1. The van der Waals surface area contributed by atoms with Gasteiger partial charge in [0.2, 0.25) is 5.56 Å². The van der Waals surface area contributed by atoms with E-state index in [0.29, 0.717) is 47.2 Å². The Bertz CT molecular complexity index is 2200. The number of aromatic hydroxyl groups is 1. The summed E-state index contributed by atoms with van der Waals surface area (Å²) < 4.78 is 17.7. The van der Waals surface area contributed by atoms with Crippen LogP contribution in [0.2, 0.25) is 0 Å². The average Bonchev–Trinajstić information content (AvgIpc) is 3.21. The molecule has 0 saturated carbocycles. The third-order valence-corrected chi connectivity index (χ3v) is 10.4. The number of alkyl carbamates (subject to hydrolysis) is 1. The highest BCUT2D eigenvalue weighted by Crippen LogP contribution is 2.32. The summed E-state index contributed by atoms with van der Waals surface area (Å²) >= 11 is 0. The molecule has 2 amide bonds. The van der Waals surface area contributed by atoms with Gasteiger partial charge in [0.25, 0.3) is 5.91 Å². The van der Waals surface area contributed by atoms with E-state index >= 15 is 0 Å². The molecule has 0 radical (unpaired) electrons. The van der Waals surface area contributed by atoms with Crippen molar-refractivity contribution in [2.24, 2.45) is 5.92 Å². The average molecular weight is 762 g/mol. The van der Waals surface area contributed by atoms with Crippen molar-refractivity contribution in [1.82, 2.24) is 20.5 Å². The Labute approximate surface area is 324 Å². The zero-order valence-electron chi connectivity index (χ0n) is 31.2. The van der Waals surface area contributed by atoms with Gasteiger partial charge in [-0.2, -0.15) is 0 Å². The minimum atomic E-state index is -0.921. The van der Waals surface area contributed by atoms with Gasteiger partial charge >= 0.3 is 6.09 Å². The second-order valence-corrected chi connectivity index (χ2v) is 14.2. The lowest BCUT2D eigenvalue weighted by atomic mass is 9.86. The fourth-order valence-corrected chi connectivity index (χ4v) is 7.54. The Hall–Kier alpha value is -5.89. The van der Waals surface area contributed by atoms with Gasteiger partial charge < -0.3 is 45.4 Å². The fraction of sp³-hybridized carbons (Fsp3) is 0.326. The number of carbonyl (C=O) groups excluding carboxylic acids is 2. The van der Waals surface area contributed by atoms with Gasteiger partial charge in [-0.05, 0) is 85.8 Å². The summed E-state index contributed by atoms with van der Waals surface area (Å²) in [6.45, 7) is 5.46. The maximum atomic E-state index is 13.2. The van der Waals surface area contributed by atoms with Gasteiger partial charge in [0, 0.05) is 48.4 Å². The zero-order valence-corrected chi connectivity index (χ0v) is 31.2. The third-order valence-electron chi connectivity index (χ3n) is 10.4. The molecular weight excluding hydrogens is 715 g/mol. The summed E-state index contributed by atoms with van der Waals surface area (Å²) in [5, 5.41) is 30.9. The first kappa shape index (κ1) is 38.4.